The van der Waals surface area contributed by atoms with Gasteiger partial charge in [-0.25, -0.2) is 13.2 Å². The Bertz CT molecular complexity index is 1070. The number of para-hydroxylation sites is 2. The highest BCUT2D eigenvalue weighted by molar-refractivity contribution is 7.91. The van der Waals surface area contributed by atoms with Crippen LogP contribution in [0.3, 0.4) is 0 Å². The SMILES string of the molecule is COc1ccccc1N1C(=O)N(c2cccc([N+](=O)[O-])c2)C2CS(=O)(=O)CC21. The van der Waals surface area contributed by atoms with E-state index < -0.39 is 32.9 Å². The number of non-ortho nitro benzene ring substituents is 1. The maximum atomic E-state index is 13.3. The van der Waals surface area contributed by atoms with Crippen LogP contribution in [0.1, 0.15) is 0 Å². The molecule has 2 heterocycles. The van der Waals surface area contributed by atoms with Gasteiger partial charge in [-0.05, 0) is 18.2 Å². The minimum absolute atomic E-state index is 0.168. The monoisotopic (exact) mass is 403 g/mol. The number of urea groups is 1. The van der Waals surface area contributed by atoms with E-state index in [0.29, 0.717) is 17.1 Å². The quantitative estimate of drug-likeness (QED) is 0.440. The number of nitro groups is 1. The van der Waals surface area contributed by atoms with Crippen molar-refractivity contribution < 1.29 is 22.9 Å². The molecule has 10 heteroatoms. The molecule has 2 atom stereocenters. The highest BCUT2D eigenvalue weighted by Crippen LogP contribution is 2.41. The van der Waals surface area contributed by atoms with Crippen LogP contribution in [0.25, 0.3) is 0 Å². The van der Waals surface area contributed by atoms with Gasteiger partial charge < -0.3 is 4.74 Å². The first-order valence-electron chi connectivity index (χ1n) is 8.53. The predicted octanol–water partition coefficient (Wildman–Crippen LogP) is 2.22. The van der Waals surface area contributed by atoms with E-state index in [0.717, 1.165) is 0 Å². The first kappa shape index (κ1) is 18.2. The molecule has 0 saturated carbocycles. The highest BCUT2D eigenvalue weighted by Gasteiger charge is 2.55. The second-order valence-electron chi connectivity index (χ2n) is 6.68. The molecule has 0 radical (unpaired) electrons. The molecule has 2 saturated heterocycles. The lowest BCUT2D eigenvalue weighted by molar-refractivity contribution is -0.384. The molecule has 2 amide bonds. The third-order valence-electron chi connectivity index (χ3n) is 5.03. The summed E-state index contributed by atoms with van der Waals surface area (Å²) in [5.41, 5.74) is 0.595. The fraction of sp³-hybridized carbons (Fsp3) is 0.278. The fourth-order valence-corrected chi connectivity index (χ4v) is 5.79. The fourth-order valence-electron chi connectivity index (χ4n) is 3.87. The van der Waals surface area contributed by atoms with Crippen molar-refractivity contribution in [1.82, 2.24) is 0 Å². The van der Waals surface area contributed by atoms with Gasteiger partial charge >= 0.3 is 6.03 Å². The molecular weight excluding hydrogens is 386 g/mol. The van der Waals surface area contributed by atoms with E-state index in [1.807, 2.05) is 0 Å². The van der Waals surface area contributed by atoms with Crippen molar-refractivity contribution in [3.8, 4) is 5.75 Å². The molecule has 2 aromatic rings. The lowest BCUT2D eigenvalue weighted by atomic mass is 10.1. The highest BCUT2D eigenvalue weighted by atomic mass is 32.2. The van der Waals surface area contributed by atoms with E-state index in [1.165, 1.54) is 35.1 Å². The van der Waals surface area contributed by atoms with E-state index in [4.69, 9.17) is 4.74 Å². The summed E-state index contributed by atoms with van der Waals surface area (Å²) >= 11 is 0. The largest absolute Gasteiger partial charge is 0.495 e. The zero-order chi connectivity index (χ0) is 20.1. The number of nitro benzene ring substituents is 1. The molecule has 4 rings (SSSR count). The number of rotatable bonds is 4. The minimum atomic E-state index is -3.37. The molecule has 2 aromatic carbocycles. The van der Waals surface area contributed by atoms with E-state index in [2.05, 4.69) is 0 Å². The summed E-state index contributed by atoms with van der Waals surface area (Å²) in [5, 5.41) is 11.1. The maximum Gasteiger partial charge on any atom is 0.329 e. The van der Waals surface area contributed by atoms with Crippen molar-refractivity contribution in [2.75, 3.05) is 28.4 Å². The van der Waals surface area contributed by atoms with Crippen LogP contribution < -0.4 is 14.5 Å². The van der Waals surface area contributed by atoms with E-state index in [1.54, 1.807) is 30.3 Å². The predicted molar refractivity (Wildman–Crippen MR) is 103 cm³/mol. The van der Waals surface area contributed by atoms with Gasteiger partial charge in [0.1, 0.15) is 5.75 Å². The molecule has 146 valence electrons. The van der Waals surface area contributed by atoms with Crippen LogP contribution in [0.5, 0.6) is 5.75 Å². The first-order chi connectivity index (χ1) is 13.3. The number of methoxy groups -OCH3 is 1. The Morgan fingerprint density at radius 2 is 1.75 bits per heavy atom. The van der Waals surface area contributed by atoms with Gasteiger partial charge in [0, 0.05) is 12.1 Å². The van der Waals surface area contributed by atoms with Crippen molar-refractivity contribution in [3.05, 3.63) is 58.6 Å². The van der Waals surface area contributed by atoms with Crippen LogP contribution in [0.15, 0.2) is 48.5 Å². The number of fused-ring (bicyclic) bond motifs is 1. The second kappa shape index (κ2) is 6.48. The van der Waals surface area contributed by atoms with Gasteiger partial charge in [0.25, 0.3) is 5.69 Å². The van der Waals surface area contributed by atoms with Crippen molar-refractivity contribution in [2.24, 2.45) is 0 Å². The number of hydrogen-bond donors (Lipinski definition) is 0. The molecule has 28 heavy (non-hydrogen) atoms. The number of carbonyl (C=O) groups is 1. The number of nitrogens with zero attached hydrogens (tertiary/aromatic N) is 3. The van der Waals surface area contributed by atoms with Gasteiger partial charge in [-0.3, -0.25) is 19.9 Å². The van der Waals surface area contributed by atoms with Gasteiger partial charge in [-0.1, -0.05) is 18.2 Å². The van der Waals surface area contributed by atoms with Crippen molar-refractivity contribution >= 4 is 32.9 Å². The van der Waals surface area contributed by atoms with Crippen LogP contribution in [0, 0.1) is 10.1 Å². The van der Waals surface area contributed by atoms with Gasteiger partial charge in [0.2, 0.25) is 0 Å². The van der Waals surface area contributed by atoms with Crippen molar-refractivity contribution in [1.29, 1.82) is 0 Å². The lowest BCUT2D eigenvalue weighted by Gasteiger charge is -2.24. The Morgan fingerprint density at radius 1 is 1.07 bits per heavy atom. The summed E-state index contributed by atoms with van der Waals surface area (Å²) in [7, 11) is -1.89. The van der Waals surface area contributed by atoms with Gasteiger partial charge in [-0.15, -0.1) is 0 Å². The summed E-state index contributed by atoms with van der Waals surface area (Å²) in [6.07, 6.45) is 0. The molecule has 2 aliphatic heterocycles. The minimum Gasteiger partial charge on any atom is -0.495 e. The Hall–Kier alpha value is -3.14. The average molecular weight is 403 g/mol. The Kier molecular flexibility index (Phi) is 4.22. The summed E-state index contributed by atoms with van der Waals surface area (Å²) in [4.78, 5) is 26.7. The van der Waals surface area contributed by atoms with E-state index in [9.17, 15) is 23.3 Å². The van der Waals surface area contributed by atoms with Crippen molar-refractivity contribution in [3.63, 3.8) is 0 Å². The number of amides is 2. The van der Waals surface area contributed by atoms with Crippen LogP contribution in [0.4, 0.5) is 21.9 Å². The zero-order valence-corrected chi connectivity index (χ0v) is 15.7. The van der Waals surface area contributed by atoms with Gasteiger partial charge in [-0.2, -0.15) is 0 Å². The molecule has 0 N–H and O–H groups in total. The number of benzene rings is 2. The third-order valence-corrected chi connectivity index (χ3v) is 6.73. The molecule has 0 spiro atoms. The van der Waals surface area contributed by atoms with E-state index >= 15 is 0 Å². The Morgan fingerprint density at radius 3 is 2.43 bits per heavy atom. The smallest absolute Gasteiger partial charge is 0.329 e. The number of ether oxygens (including phenoxy) is 1. The summed E-state index contributed by atoms with van der Waals surface area (Å²) < 4.78 is 30.0. The van der Waals surface area contributed by atoms with Crippen LogP contribution in [-0.4, -0.2) is 50.1 Å². The Labute approximate surface area is 161 Å². The first-order valence-corrected chi connectivity index (χ1v) is 10.3. The summed E-state index contributed by atoms with van der Waals surface area (Å²) in [6.45, 7) is 0. The molecule has 2 aliphatic rings. The van der Waals surface area contributed by atoms with Crippen LogP contribution in [0.2, 0.25) is 0 Å². The zero-order valence-electron chi connectivity index (χ0n) is 14.9. The molecule has 0 aromatic heterocycles. The second-order valence-corrected chi connectivity index (χ2v) is 8.84. The van der Waals surface area contributed by atoms with Gasteiger partial charge in [0.15, 0.2) is 9.84 Å². The average Bonchev–Trinajstić information content (AvgIpc) is 3.10. The molecule has 0 aliphatic carbocycles. The maximum absolute atomic E-state index is 13.3. The van der Waals surface area contributed by atoms with Gasteiger partial charge in [0.05, 0.1) is 47.0 Å². The normalized spacial score (nSPS) is 23.0. The molecule has 2 unspecified atom stereocenters. The number of carbonyl (C=O) groups excluding carboxylic acids is 1. The number of hydrogen-bond acceptors (Lipinski definition) is 6. The third kappa shape index (κ3) is 2.85. The molecular formula is C18H17N3O6S. The topological polar surface area (TPSA) is 110 Å². The molecule has 2 fully saturated rings. The lowest BCUT2D eigenvalue weighted by Crippen LogP contribution is -2.38. The number of sulfone groups is 1. The summed E-state index contributed by atoms with van der Waals surface area (Å²) in [5.74, 6) is 0.0738. The molecule has 9 nitrogen and oxygen atoms in total. The van der Waals surface area contributed by atoms with Crippen molar-refractivity contribution in [2.45, 2.75) is 12.1 Å². The number of anilines is 2. The standard InChI is InChI=1S/C18H17N3O6S/c1-27-17-8-3-2-7-14(17)20-16-11-28(25,26)10-15(16)19(18(20)22)12-5-4-6-13(9-12)21(23)24/h2-9,15-16H,10-11H2,1H3. The molecule has 0 bridgehead atoms. The summed E-state index contributed by atoms with van der Waals surface area (Å²) in [6, 6.07) is 10.9. The van der Waals surface area contributed by atoms with Crippen LogP contribution in [-0.2, 0) is 9.84 Å². The van der Waals surface area contributed by atoms with E-state index in [-0.39, 0.29) is 17.2 Å². The Balaban J connectivity index is 1.84. The van der Waals surface area contributed by atoms with Crippen LogP contribution >= 0.6 is 0 Å².